The SMILES string of the molecule is COc1ccc([N+](=O)[O-])cc1S(=O)(=O)Nc1ccc(Oc2ccccc2)cc1. The van der Waals surface area contributed by atoms with Gasteiger partial charge in [-0.3, -0.25) is 14.8 Å². The summed E-state index contributed by atoms with van der Waals surface area (Å²) in [5.74, 6) is 1.18. The topological polar surface area (TPSA) is 108 Å². The highest BCUT2D eigenvalue weighted by molar-refractivity contribution is 7.92. The van der Waals surface area contributed by atoms with Crippen molar-refractivity contribution in [2.75, 3.05) is 11.8 Å². The second kappa shape index (κ2) is 7.97. The van der Waals surface area contributed by atoms with Crippen LogP contribution in [0.3, 0.4) is 0 Å². The van der Waals surface area contributed by atoms with Crippen LogP contribution in [-0.4, -0.2) is 20.5 Å². The predicted molar refractivity (Wildman–Crippen MR) is 103 cm³/mol. The molecule has 0 fully saturated rings. The summed E-state index contributed by atoms with van der Waals surface area (Å²) >= 11 is 0. The van der Waals surface area contributed by atoms with E-state index in [1.807, 2.05) is 18.2 Å². The van der Waals surface area contributed by atoms with Crippen LogP contribution in [0.4, 0.5) is 11.4 Å². The van der Waals surface area contributed by atoms with Gasteiger partial charge in [-0.1, -0.05) is 18.2 Å². The Balaban J connectivity index is 1.82. The minimum absolute atomic E-state index is 0.00197. The van der Waals surface area contributed by atoms with Crippen LogP contribution >= 0.6 is 0 Å². The minimum atomic E-state index is -4.10. The lowest BCUT2D eigenvalue weighted by Crippen LogP contribution is -2.14. The van der Waals surface area contributed by atoms with Crippen molar-refractivity contribution in [3.63, 3.8) is 0 Å². The van der Waals surface area contributed by atoms with Gasteiger partial charge in [-0.15, -0.1) is 0 Å². The monoisotopic (exact) mass is 400 g/mol. The largest absolute Gasteiger partial charge is 0.495 e. The maximum atomic E-state index is 12.7. The zero-order chi connectivity index (χ0) is 20.1. The third kappa shape index (κ3) is 4.38. The number of hydrogen-bond acceptors (Lipinski definition) is 6. The Morgan fingerprint density at radius 2 is 1.57 bits per heavy atom. The van der Waals surface area contributed by atoms with Crippen LogP contribution in [0.25, 0.3) is 0 Å². The number of non-ortho nitro benzene ring substituents is 1. The van der Waals surface area contributed by atoms with E-state index < -0.39 is 14.9 Å². The molecule has 0 heterocycles. The molecule has 0 amide bonds. The Morgan fingerprint density at radius 1 is 0.929 bits per heavy atom. The fourth-order valence-corrected chi connectivity index (χ4v) is 3.66. The lowest BCUT2D eigenvalue weighted by Gasteiger charge is -2.12. The third-order valence-electron chi connectivity index (χ3n) is 3.73. The molecule has 3 aromatic rings. The van der Waals surface area contributed by atoms with Crippen molar-refractivity contribution < 1.29 is 22.8 Å². The van der Waals surface area contributed by atoms with Crippen molar-refractivity contribution in [2.24, 2.45) is 0 Å². The first-order valence-electron chi connectivity index (χ1n) is 8.07. The van der Waals surface area contributed by atoms with Gasteiger partial charge in [0.15, 0.2) is 0 Å². The standard InChI is InChI=1S/C19H16N2O6S/c1-26-18-12-9-15(21(22)23)13-19(18)28(24,25)20-14-7-10-17(11-8-14)27-16-5-3-2-4-6-16/h2-13,20H,1H3. The Kier molecular flexibility index (Phi) is 5.46. The fraction of sp³-hybridized carbons (Fsp3) is 0.0526. The van der Waals surface area contributed by atoms with Gasteiger partial charge in [-0.2, -0.15) is 0 Å². The van der Waals surface area contributed by atoms with E-state index in [0.717, 1.165) is 6.07 Å². The summed E-state index contributed by atoms with van der Waals surface area (Å²) in [7, 11) is -2.82. The van der Waals surface area contributed by atoms with Crippen LogP contribution in [0.1, 0.15) is 0 Å². The Labute approximate surface area is 161 Å². The molecule has 0 aromatic heterocycles. The van der Waals surface area contributed by atoms with Crippen LogP contribution in [0.15, 0.2) is 77.7 Å². The molecule has 9 heteroatoms. The van der Waals surface area contributed by atoms with Crippen molar-refractivity contribution in [2.45, 2.75) is 4.90 Å². The van der Waals surface area contributed by atoms with Gasteiger partial charge >= 0.3 is 0 Å². The van der Waals surface area contributed by atoms with Crippen LogP contribution in [0, 0.1) is 10.1 Å². The van der Waals surface area contributed by atoms with Gasteiger partial charge in [0.25, 0.3) is 15.7 Å². The molecule has 0 bridgehead atoms. The molecule has 3 rings (SSSR count). The summed E-state index contributed by atoms with van der Waals surface area (Å²) in [5.41, 5.74) is -0.0817. The Morgan fingerprint density at radius 3 is 2.18 bits per heavy atom. The van der Waals surface area contributed by atoms with E-state index in [-0.39, 0.29) is 22.0 Å². The maximum Gasteiger partial charge on any atom is 0.271 e. The number of methoxy groups -OCH3 is 1. The molecule has 0 unspecified atom stereocenters. The van der Waals surface area contributed by atoms with Crippen LogP contribution in [0.2, 0.25) is 0 Å². The molecule has 0 aliphatic rings. The number of rotatable bonds is 7. The molecule has 144 valence electrons. The number of para-hydroxylation sites is 1. The number of nitro groups is 1. The summed E-state index contributed by atoms with van der Waals surface area (Å²) in [6.07, 6.45) is 0. The van der Waals surface area contributed by atoms with E-state index in [0.29, 0.717) is 11.5 Å². The zero-order valence-electron chi connectivity index (χ0n) is 14.7. The second-order valence-corrected chi connectivity index (χ2v) is 7.29. The molecule has 8 nitrogen and oxygen atoms in total. The molecule has 0 aliphatic carbocycles. The summed E-state index contributed by atoms with van der Waals surface area (Å²) in [4.78, 5) is 9.96. The Bertz CT molecular complexity index is 1080. The number of benzene rings is 3. The van der Waals surface area contributed by atoms with E-state index in [2.05, 4.69) is 4.72 Å². The maximum absolute atomic E-state index is 12.7. The van der Waals surface area contributed by atoms with Crippen molar-refractivity contribution >= 4 is 21.4 Å². The van der Waals surface area contributed by atoms with Crippen molar-refractivity contribution in [1.29, 1.82) is 0 Å². The lowest BCUT2D eigenvalue weighted by molar-refractivity contribution is -0.385. The Hall–Kier alpha value is -3.59. The van der Waals surface area contributed by atoms with E-state index in [1.54, 1.807) is 24.3 Å². The van der Waals surface area contributed by atoms with Crippen molar-refractivity contribution in [1.82, 2.24) is 0 Å². The number of anilines is 1. The van der Waals surface area contributed by atoms with Gasteiger partial charge in [-0.25, -0.2) is 8.42 Å². The lowest BCUT2D eigenvalue weighted by atomic mass is 10.3. The number of sulfonamides is 1. The van der Waals surface area contributed by atoms with Gasteiger partial charge < -0.3 is 9.47 Å². The zero-order valence-corrected chi connectivity index (χ0v) is 15.5. The second-order valence-electron chi connectivity index (χ2n) is 5.64. The van der Waals surface area contributed by atoms with Gasteiger partial charge in [-0.05, 0) is 42.5 Å². The quantitative estimate of drug-likeness (QED) is 0.470. The highest BCUT2D eigenvalue weighted by atomic mass is 32.2. The molecule has 0 radical (unpaired) electrons. The average molecular weight is 400 g/mol. The van der Waals surface area contributed by atoms with Gasteiger partial charge in [0.1, 0.15) is 22.1 Å². The summed E-state index contributed by atoms with van der Waals surface area (Å²) in [5, 5.41) is 11.0. The summed E-state index contributed by atoms with van der Waals surface area (Å²) < 4.78 is 38.4. The van der Waals surface area contributed by atoms with E-state index in [1.165, 1.54) is 31.4 Å². The average Bonchev–Trinajstić information content (AvgIpc) is 2.69. The molecule has 0 spiro atoms. The molecule has 0 atom stereocenters. The number of nitrogens with one attached hydrogen (secondary N) is 1. The normalized spacial score (nSPS) is 10.9. The van der Waals surface area contributed by atoms with E-state index in [4.69, 9.17) is 9.47 Å². The summed E-state index contributed by atoms with van der Waals surface area (Å²) in [6.45, 7) is 0. The van der Waals surface area contributed by atoms with Gasteiger partial charge in [0, 0.05) is 17.8 Å². The smallest absolute Gasteiger partial charge is 0.271 e. The van der Waals surface area contributed by atoms with E-state index >= 15 is 0 Å². The number of nitro benzene ring substituents is 1. The molecule has 28 heavy (non-hydrogen) atoms. The first-order valence-corrected chi connectivity index (χ1v) is 9.55. The van der Waals surface area contributed by atoms with Crippen molar-refractivity contribution in [3.8, 4) is 17.2 Å². The minimum Gasteiger partial charge on any atom is -0.495 e. The molecular formula is C19H16N2O6S. The highest BCUT2D eigenvalue weighted by Gasteiger charge is 2.23. The fourth-order valence-electron chi connectivity index (χ4n) is 2.41. The molecule has 0 saturated heterocycles. The van der Waals surface area contributed by atoms with Crippen LogP contribution < -0.4 is 14.2 Å². The van der Waals surface area contributed by atoms with Crippen molar-refractivity contribution in [3.05, 3.63) is 82.9 Å². The third-order valence-corrected chi connectivity index (χ3v) is 5.14. The number of ether oxygens (including phenoxy) is 2. The first kappa shape index (κ1) is 19.2. The van der Waals surface area contributed by atoms with Gasteiger partial charge in [0.2, 0.25) is 0 Å². The summed E-state index contributed by atoms with van der Waals surface area (Å²) in [6, 6.07) is 18.8. The van der Waals surface area contributed by atoms with E-state index in [9.17, 15) is 18.5 Å². The molecule has 3 aromatic carbocycles. The predicted octanol–water partition coefficient (Wildman–Crippen LogP) is 4.20. The molecule has 0 saturated carbocycles. The number of hydrogen-bond donors (Lipinski definition) is 1. The molecular weight excluding hydrogens is 384 g/mol. The highest BCUT2D eigenvalue weighted by Crippen LogP contribution is 2.30. The molecule has 0 aliphatic heterocycles. The first-order chi connectivity index (χ1) is 13.4. The van der Waals surface area contributed by atoms with Gasteiger partial charge in [0.05, 0.1) is 12.0 Å². The molecule has 1 N–H and O–H groups in total. The number of nitrogens with zero attached hydrogens (tertiary/aromatic N) is 1. The van der Waals surface area contributed by atoms with Crippen LogP contribution in [0.5, 0.6) is 17.2 Å². The van der Waals surface area contributed by atoms with Crippen LogP contribution in [-0.2, 0) is 10.0 Å².